The van der Waals surface area contributed by atoms with E-state index < -0.39 is 5.97 Å². The molecule has 1 aromatic rings. The average Bonchev–Trinajstić information content (AvgIpc) is 2.47. The highest BCUT2D eigenvalue weighted by atomic mass is 16.4. The number of rotatable bonds is 1. The van der Waals surface area contributed by atoms with Gasteiger partial charge in [-0.3, -0.25) is 0 Å². The van der Waals surface area contributed by atoms with Crippen LogP contribution in [0.25, 0.3) is 0 Å². The highest BCUT2D eigenvalue weighted by Crippen LogP contribution is 2.22. The summed E-state index contributed by atoms with van der Waals surface area (Å²) < 4.78 is 0. The largest absolute Gasteiger partial charge is 0.475 e. The van der Waals surface area contributed by atoms with Crippen LogP contribution >= 0.6 is 0 Å². The number of aromatic nitrogens is 2. The number of carboxylic acid groups (broad SMARTS) is 1. The predicted molar refractivity (Wildman–Crippen MR) is 46.0 cm³/mol. The number of likely N-dealkylation sites (N-methyl/N-ethyl adjacent to an activating group) is 1. The first-order valence-corrected chi connectivity index (χ1v) is 3.99. The van der Waals surface area contributed by atoms with E-state index in [4.69, 9.17) is 5.11 Å². The van der Waals surface area contributed by atoms with Crippen molar-refractivity contribution in [2.75, 3.05) is 18.5 Å². The maximum Gasteiger partial charge on any atom is 0.374 e. The Hall–Kier alpha value is -1.65. The molecule has 0 saturated carbocycles. The minimum atomic E-state index is -1.08. The first-order valence-electron chi connectivity index (χ1n) is 3.99. The Balaban J connectivity index is 2.47. The van der Waals surface area contributed by atoms with Crippen molar-refractivity contribution >= 4 is 11.8 Å². The summed E-state index contributed by atoms with van der Waals surface area (Å²) in [5, 5.41) is 8.66. The summed E-state index contributed by atoms with van der Waals surface area (Å²) in [5.74, 6) is -0.469. The van der Waals surface area contributed by atoms with E-state index in [9.17, 15) is 4.79 Å². The number of hydrogen-bond acceptors (Lipinski definition) is 4. The first kappa shape index (κ1) is 7.97. The molecule has 0 fully saturated rings. The molecule has 68 valence electrons. The summed E-state index contributed by atoms with van der Waals surface area (Å²) in [7, 11) is 1.89. The fourth-order valence-corrected chi connectivity index (χ4v) is 1.40. The summed E-state index contributed by atoms with van der Waals surface area (Å²) in [6.45, 7) is 0.882. The third-order valence-electron chi connectivity index (χ3n) is 2.11. The lowest BCUT2D eigenvalue weighted by molar-refractivity contribution is 0.0683. The van der Waals surface area contributed by atoms with E-state index >= 15 is 0 Å². The fraction of sp³-hybridized carbons (Fsp3) is 0.375. The molecule has 0 bridgehead atoms. The van der Waals surface area contributed by atoms with Gasteiger partial charge in [-0.25, -0.2) is 14.8 Å². The average molecular weight is 179 g/mol. The number of nitrogens with zero attached hydrogens (tertiary/aromatic N) is 3. The summed E-state index contributed by atoms with van der Waals surface area (Å²) in [5.41, 5.74) is 1.02. The van der Waals surface area contributed by atoms with Crippen LogP contribution in [0.2, 0.25) is 0 Å². The SMILES string of the molecule is CN1CCc2cnc(C(=O)O)nc21. The molecule has 1 aliphatic heterocycles. The summed E-state index contributed by atoms with van der Waals surface area (Å²) in [6, 6.07) is 0. The molecule has 2 heterocycles. The lowest BCUT2D eigenvalue weighted by Gasteiger charge is -2.09. The fourth-order valence-electron chi connectivity index (χ4n) is 1.40. The lowest BCUT2D eigenvalue weighted by atomic mass is 10.3. The van der Waals surface area contributed by atoms with Gasteiger partial charge in [0, 0.05) is 25.4 Å². The number of carboxylic acids is 1. The first-order chi connectivity index (χ1) is 6.18. The van der Waals surface area contributed by atoms with Crippen LogP contribution in [0.5, 0.6) is 0 Å². The van der Waals surface area contributed by atoms with E-state index in [0.717, 1.165) is 24.3 Å². The number of fused-ring (bicyclic) bond motifs is 1. The Labute approximate surface area is 75.0 Å². The van der Waals surface area contributed by atoms with Crippen LogP contribution in [-0.4, -0.2) is 34.6 Å². The van der Waals surface area contributed by atoms with Crippen molar-refractivity contribution in [3.8, 4) is 0 Å². The minimum Gasteiger partial charge on any atom is -0.475 e. The van der Waals surface area contributed by atoms with Crippen molar-refractivity contribution in [1.29, 1.82) is 0 Å². The lowest BCUT2D eigenvalue weighted by Crippen LogP contribution is -2.15. The molecule has 5 nitrogen and oxygen atoms in total. The second kappa shape index (κ2) is 2.69. The second-order valence-corrected chi connectivity index (χ2v) is 3.02. The van der Waals surface area contributed by atoms with Gasteiger partial charge in [-0.2, -0.15) is 0 Å². The summed E-state index contributed by atoms with van der Waals surface area (Å²) >= 11 is 0. The zero-order valence-electron chi connectivity index (χ0n) is 7.19. The normalized spacial score (nSPS) is 14.4. The van der Waals surface area contributed by atoms with E-state index in [1.807, 2.05) is 11.9 Å². The van der Waals surface area contributed by atoms with Gasteiger partial charge in [-0.05, 0) is 6.42 Å². The monoisotopic (exact) mass is 179 g/mol. The zero-order chi connectivity index (χ0) is 9.42. The standard InChI is InChI=1S/C8H9N3O2/c1-11-3-2-5-4-9-6(8(12)13)10-7(5)11/h4H,2-3H2,1H3,(H,12,13). The molecule has 0 saturated heterocycles. The van der Waals surface area contributed by atoms with Crippen molar-refractivity contribution in [3.05, 3.63) is 17.6 Å². The Bertz CT molecular complexity index is 364. The molecule has 0 atom stereocenters. The molecule has 0 aliphatic carbocycles. The van der Waals surface area contributed by atoms with Gasteiger partial charge in [0.15, 0.2) is 0 Å². The molecule has 0 aromatic carbocycles. The molecule has 13 heavy (non-hydrogen) atoms. The molecular formula is C8H9N3O2. The van der Waals surface area contributed by atoms with Crippen molar-refractivity contribution in [2.24, 2.45) is 0 Å². The van der Waals surface area contributed by atoms with E-state index in [1.54, 1.807) is 6.20 Å². The van der Waals surface area contributed by atoms with Gasteiger partial charge in [0.2, 0.25) is 5.82 Å². The molecule has 1 N–H and O–H groups in total. The van der Waals surface area contributed by atoms with Gasteiger partial charge in [-0.15, -0.1) is 0 Å². The summed E-state index contributed by atoms with van der Waals surface area (Å²) in [4.78, 5) is 20.2. The van der Waals surface area contributed by atoms with Crippen LogP contribution in [0.4, 0.5) is 5.82 Å². The van der Waals surface area contributed by atoms with E-state index in [2.05, 4.69) is 9.97 Å². The highest BCUT2D eigenvalue weighted by molar-refractivity contribution is 5.83. The second-order valence-electron chi connectivity index (χ2n) is 3.02. The van der Waals surface area contributed by atoms with Gasteiger partial charge >= 0.3 is 5.97 Å². The Kier molecular flexibility index (Phi) is 1.65. The molecule has 2 rings (SSSR count). The molecular weight excluding hydrogens is 170 g/mol. The molecule has 0 unspecified atom stereocenters. The van der Waals surface area contributed by atoms with E-state index in [0.29, 0.717) is 0 Å². The van der Waals surface area contributed by atoms with Gasteiger partial charge in [0.25, 0.3) is 0 Å². The molecule has 1 aromatic heterocycles. The Morgan fingerprint density at radius 2 is 2.46 bits per heavy atom. The van der Waals surface area contributed by atoms with Crippen LogP contribution < -0.4 is 4.90 Å². The number of anilines is 1. The third-order valence-corrected chi connectivity index (χ3v) is 2.11. The van der Waals surface area contributed by atoms with Crippen LogP contribution in [0.15, 0.2) is 6.20 Å². The molecule has 0 spiro atoms. The van der Waals surface area contributed by atoms with Gasteiger partial charge in [0.1, 0.15) is 5.82 Å². The van der Waals surface area contributed by atoms with Crippen molar-refractivity contribution in [1.82, 2.24) is 9.97 Å². The predicted octanol–water partition coefficient (Wildman–Crippen LogP) is 0.167. The number of hydrogen-bond donors (Lipinski definition) is 1. The van der Waals surface area contributed by atoms with E-state index in [1.165, 1.54) is 0 Å². The maximum absolute atomic E-state index is 10.6. The molecule has 0 radical (unpaired) electrons. The Morgan fingerprint density at radius 3 is 3.15 bits per heavy atom. The van der Waals surface area contributed by atoms with Gasteiger partial charge < -0.3 is 10.0 Å². The van der Waals surface area contributed by atoms with Crippen LogP contribution in [0, 0.1) is 0 Å². The van der Waals surface area contributed by atoms with Crippen LogP contribution in [-0.2, 0) is 6.42 Å². The molecule has 1 aliphatic rings. The smallest absolute Gasteiger partial charge is 0.374 e. The highest BCUT2D eigenvalue weighted by Gasteiger charge is 2.19. The minimum absolute atomic E-state index is 0.132. The Morgan fingerprint density at radius 1 is 1.69 bits per heavy atom. The topological polar surface area (TPSA) is 66.3 Å². The van der Waals surface area contributed by atoms with Crippen molar-refractivity contribution < 1.29 is 9.90 Å². The quantitative estimate of drug-likeness (QED) is 0.665. The number of aromatic carboxylic acids is 1. The van der Waals surface area contributed by atoms with Crippen molar-refractivity contribution in [3.63, 3.8) is 0 Å². The molecule has 0 amide bonds. The van der Waals surface area contributed by atoms with Crippen LogP contribution in [0.3, 0.4) is 0 Å². The third kappa shape index (κ3) is 1.22. The summed E-state index contributed by atoms with van der Waals surface area (Å²) in [6.07, 6.45) is 2.49. The zero-order valence-corrected chi connectivity index (χ0v) is 7.19. The maximum atomic E-state index is 10.6. The number of carbonyl (C=O) groups is 1. The molecule has 5 heteroatoms. The van der Waals surface area contributed by atoms with E-state index in [-0.39, 0.29) is 5.82 Å². The van der Waals surface area contributed by atoms with Gasteiger partial charge in [-0.1, -0.05) is 0 Å². The van der Waals surface area contributed by atoms with Crippen molar-refractivity contribution in [2.45, 2.75) is 6.42 Å². The van der Waals surface area contributed by atoms with Gasteiger partial charge in [0.05, 0.1) is 0 Å². The van der Waals surface area contributed by atoms with Crippen LogP contribution in [0.1, 0.15) is 16.2 Å².